The molecule has 1 aliphatic carbocycles. The maximum atomic E-state index is 11.8. The number of rotatable bonds is 4. The summed E-state index contributed by atoms with van der Waals surface area (Å²) in [5, 5.41) is 15.1. The molecule has 0 radical (unpaired) electrons. The Balaban J connectivity index is 1.85. The van der Waals surface area contributed by atoms with Crippen molar-refractivity contribution in [2.24, 2.45) is 5.92 Å². The molecule has 2 amide bonds. The molecule has 1 saturated carbocycles. The van der Waals surface area contributed by atoms with Crippen molar-refractivity contribution >= 4 is 17.5 Å². The molecule has 1 aliphatic rings. The molecule has 0 aromatic heterocycles. The Kier molecular flexibility index (Phi) is 4.74. The predicted octanol–water partition coefficient (Wildman–Crippen LogP) is 2.17. The Bertz CT molecular complexity index is 502. The minimum absolute atomic E-state index is 0.0388. The molecule has 1 aromatic rings. The molecule has 20 heavy (non-hydrogen) atoms. The zero-order valence-corrected chi connectivity index (χ0v) is 11.6. The van der Waals surface area contributed by atoms with Crippen LogP contribution in [0.25, 0.3) is 0 Å². The summed E-state index contributed by atoms with van der Waals surface area (Å²) < 4.78 is 0. The fourth-order valence-corrected chi connectivity index (χ4v) is 2.47. The van der Waals surface area contributed by atoms with Gasteiger partial charge in [0.15, 0.2) is 5.78 Å². The fraction of sp³-hybridized carbons (Fsp3) is 0.467. The molecular weight excluding hydrogens is 256 g/mol. The summed E-state index contributed by atoms with van der Waals surface area (Å²) in [6.45, 7) is 1.96. The molecule has 3 N–H and O–H groups in total. The van der Waals surface area contributed by atoms with E-state index < -0.39 is 0 Å². The molecule has 0 heterocycles. The Labute approximate surface area is 118 Å². The van der Waals surface area contributed by atoms with Crippen LogP contribution in [-0.4, -0.2) is 29.6 Å². The largest absolute Gasteiger partial charge is 0.393 e. The van der Waals surface area contributed by atoms with Crippen molar-refractivity contribution in [3.63, 3.8) is 0 Å². The van der Waals surface area contributed by atoms with E-state index in [1.54, 1.807) is 24.3 Å². The van der Waals surface area contributed by atoms with Crippen LogP contribution in [0.2, 0.25) is 0 Å². The number of urea groups is 1. The lowest BCUT2D eigenvalue weighted by molar-refractivity contribution is 0.101. The van der Waals surface area contributed by atoms with Crippen LogP contribution >= 0.6 is 0 Å². The molecule has 108 valence electrons. The van der Waals surface area contributed by atoms with E-state index in [2.05, 4.69) is 10.6 Å². The number of ketones is 1. The first kappa shape index (κ1) is 14.5. The Morgan fingerprint density at radius 1 is 1.35 bits per heavy atom. The van der Waals surface area contributed by atoms with Crippen molar-refractivity contribution in [1.29, 1.82) is 0 Å². The van der Waals surface area contributed by atoms with Gasteiger partial charge in [-0.1, -0.05) is 18.6 Å². The molecule has 2 rings (SSSR count). The number of carbonyl (C=O) groups is 2. The Morgan fingerprint density at radius 2 is 2.15 bits per heavy atom. The molecule has 0 bridgehead atoms. The zero-order chi connectivity index (χ0) is 14.5. The first-order valence-corrected chi connectivity index (χ1v) is 6.90. The highest BCUT2D eigenvalue weighted by Crippen LogP contribution is 2.24. The normalized spacial score (nSPS) is 21.5. The van der Waals surface area contributed by atoms with Crippen LogP contribution in [0.1, 0.15) is 36.5 Å². The van der Waals surface area contributed by atoms with Crippen LogP contribution in [0.5, 0.6) is 0 Å². The van der Waals surface area contributed by atoms with Gasteiger partial charge in [-0.15, -0.1) is 0 Å². The standard InChI is InChI=1S/C15H20N2O3/c1-10(18)11-4-2-6-13(8-11)17-15(20)16-9-12-5-3-7-14(12)19/h2,4,6,8,12,14,19H,3,5,7,9H2,1H3,(H2,16,17,20). The molecule has 0 aliphatic heterocycles. The second-order valence-corrected chi connectivity index (χ2v) is 5.23. The van der Waals surface area contributed by atoms with Gasteiger partial charge in [-0.2, -0.15) is 0 Å². The third-order valence-electron chi connectivity index (χ3n) is 3.67. The number of amides is 2. The monoisotopic (exact) mass is 276 g/mol. The van der Waals surface area contributed by atoms with Crippen LogP contribution in [0.3, 0.4) is 0 Å². The first-order chi connectivity index (χ1) is 9.56. The highest BCUT2D eigenvalue weighted by Gasteiger charge is 2.25. The highest BCUT2D eigenvalue weighted by atomic mass is 16.3. The topological polar surface area (TPSA) is 78.4 Å². The van der Waals surface area contributed by atoms with Crippen LogP contribution in [0.15, 0.2) is 24.3 Å². The lowest BCUT2D eigenvalue weighted by Gasteiger charge is -2.15. The van der Waals surface area contributed by atoms with E-state index in [0.29, 0.717) is 17.8 Å². The lowest BCUT2D eigenvalue weighted by Crippen LogP contribution is -2.35. The summed E-state index contributed by atoms with van der Waals surface area (Å²) in [5.74, 6) is 0.104. The van der Waals surface area contributed by atoms with Crippen LogP contribution in [-0.2, 0) is 0 Å². The molecule has 1 fully saturated rings. The number of Topliss-reactive ketones (excluding diaryl/α,β-unsaturated/α-hetero) is 1. The van der Waals surface area contributed by atoms with Crippen LogP contribution in [0, 0.1) is 5.92 Å². The van der Waals surface area contributed by atoms with E-state index in [4.69, 9.17) is 0 Å². The summed E-state index contributed by atoms with van der Waals surface area (Å²) in [7, 11) is 0. The fourth-order valence-electron chi connectivity index (χ4n) is 2.47. The van der Waals surface area contributed by atoms with Gasteiger partial charge in [-0.25, -0.2) is 4.79 Å². The minimum Gasteiger partial charge on any atom is -0.393 e. The van der Waals surface area contributed by atoms with Gasteiger partial charge in [0.25, 0.3) is 0 Å². The maximum Gasteiger partial charge on any atom is 0.319 e. The van der Waals surface area contributed by atoms with Gasteiger partial charge in [-0.05, 0) is 31.9 Å². The number of anilines is 1. The highest BCUT2D eigenvalue weighted by molar-refractivity contribution is 5.96. The SMILES string of the molecule is CC(=O)c1cccc(NC(=O)NCC2CCCC2O)c1. The summed E-state index contributed by atoms with van der Waals surface area (Å²) in [6.07, 6.45) is 2.46. The van der Waals surface area contributed by atoms with Gasteiger partial charge in [0, 0.05) is 23.7 Å². The zero-order valence-electron chi connectivity index (χ0n) is 11.6. The van der Waals surface area contributed by atoms with E-state index in [1.807, 2.05) is 0 Å². The molecule has 1 aromatic carbocycles. The summed E-state index contributed by atoms with van der Waals surface area (Å²) in [6, 6.07) is 6.50. The number of hydrogen-bond donors (Lipinski definition) is 3. The molecule has 5 nitrogen and oxygen atoms in total. The van der Waals surface area contributed by atoms with Gasteiger partial charge < -0.3 is 15.7 Å². The molecular formula is C15H20N2O3. The van der Waals surface area contributed by atoms with Crippen molar-refractivity contribution < 1.29 is 14.7 Å². The molecule has 0 saturated heterocycles. The molecule has 2 atom stereocenters. The third-order valence-corrected chi connectivity index (χ3v) is 3.67. The summed E-state index contributed by atoms with van der Waals surface area (Å²) in [5.41, 5.74) is 1.15. The van der Waals surface area contributed by atoms with Crippen LogP contribution < -0.4 is 10.6 Å². The average molecular weight is 276 g/mol. The maximum absolute atomic E-state index is 11.8. The van der Waals surface area contributed by atoms with Crippen molar-refractivity contribution in [3.8, 4) is 0 Å². The average Bonchev–Trinajstić information content (AvgIpc) is 2.82. The number of hydrogen-bond acceptors (Lipinski definition) is 3. The second kappa shape index (κ2) is 6.52. The smallest absolute Gasteiger partial charge is 0.319 e. The Hall–Kier alpha value is -1.88. The van der Waals surface area contributed by atoms with Crippen molar-refractivity contribution in [2.45, 2.75) is 32.3 Å². The van der Waals surface area contributed by atoms with E-state index >= 15 is 0 Å². The van der Waals surface area contributed by atoms with Crippen molar-refractivity contribution in [2.75, 3.05) is 11.9 Å². The van der Waals surface area contributed by atoms with E-state index in [1.165, 1.54) is 6.92 Å². The quantitative estimate of drug-likeness (QED) is 0.737. The molecule has 2 unspecified atom stereocenters. The van der Waals surface area contributed by atoms with Crippen LogP contribution in [0.4, 0.5) is 10.5 Å². The van der Waals surface area contributed by atoms with E-state index in [9.17, 15) is 14.7 Å². The lowest BCUT2D eigenvalue weighted by atomic mass is 10.1. The van der Waals surface area contributed by atoms with Gasteiger partial charge in [0.1, 0.15) is 0 Å². The van der Waals surface area contributed by atoms with Crippen molar-refractivity contribution in [1.82, 2.24) is 5.32 Å². The number of carbonyl (C=O) groups excluding carboxylic acids is 2. The number of aliphatic hydroxyl groups excluding tert-OH is 1. The number of benzene rings is 1. The summed E-state index contributed by atoms with van der Waals surface area (Å²) >= 11 is 0. The Morgan fingerprint density at radius 3 is 2.80 bits per heavy atom. The van der Waals surface area contributed by atoms with Gasteiger partial charge in [0.05, 0.1) is 6.10 Å². The van der Waals surface area contributed by atoms with E-state index in [0.717, 1.165) is 19.3 Å². The molecule has 5 heteroatoms. The first-order valence-electron chi connectivity index (χ1n) is 6.90. The summed E-state index contributed by atoms with van der Waals surface area (Å²) in [4.78, 5) is 23.0. The predicted molar refractivity (Wildman–Crippen MR) is 76.8 cm³/mol. The minimum atomic E-state index is -0.315. The van der Waals surface area contributed by atoms with E-state index in [-0.39, 0.29) is 23.8 Å². The van der Waals surface area contributed by atoms with Gasteiger partial charge in [-0.3, -0.25) is 4.79 Å². The van der Waals surface area contributed by atoms with Gasteiger partial charge in [0.2, 0.25) is 0 Å². The number of nitrogens with one attached hydrogen (secondary N) is 2. The van der Waals surface area contributed by atoms with Gasteiger partial charge >= 0.3 is 6.03 Å². The second-order valence-electron chi connectivity index (χ2n) is 5.23. The third kappa shape index (κ3) is 3.81. The van der Waals surface area contributed by atoms with Crippen molar-refractivity contribution in [3.05, 3.63) is 29.8 Å². The molecule has 0 spiro atoms. The number of aliphatic hydroxyl groups is 1.